The van der Waals surface area contributed by atoms with Crippen LogP contribution in [0.2, 0.25) is 0 Å². The van der Waals surface area contributed by atoms with E-state index in [2.05, 4.69) is 5.32 Å². The first-order chi connectivity index (χ1) is 18.6. The van der Waals surface area contributed by atoms with E-state index in [0.717, 1.165) is 36.0 Å². The van der Waals surface area contributed by atoms with Gasteiger partial charge in [-0.25, -0.2) is 16.8 Å². The molecule has 0 aromatic heterocycles. The van der Waals surface area contributed by atoms with E-state index in [0.29, 0.717) is 18.7 Å². The van der Waals surface area contributed by atoms with E-state index in [9.17, 15) is 21.6 Å². The molecular formula is C29H35N3O5S2. The molecule has 0 bridgehead atoms. The monoisotopic (exact) mass is 569 g/mol. The fourth-order valence-electron chi connectivity index (χ4n) is 4.55. The lowest BCUT2D eigenvalue weighted by molar-refractivity contribution is -0.121. The van der Waals surface area contributed by atoms with Crippen LogP contribution in [0.5, 0.6) is 0 Å². The molecule has 1 amide bonds. The molecule has 3 aromatic carbocycles. The van der Waals surface area contributed by atoms with Gasteiger partial charge in [-0.2, -0.15) is 8.61 Å². The van der Waals surface area contributed by atoms with Crippen molar-refractivity contribution >= 4 is 26.0 Å². The zero-order chi connectivity index (χ0) is 28.0. The smallest absolute Gasteiger partial charge is 0.243 e. The molecule has 10 heteroatoms. The lowest BCUT2D eigenvalue weighted by atomic mass is 10.1. The molecule has 3 aromatic rings. The minimum absolute atomic E-state index is 0.0500. The Hall–Kier alpha value is -3.05. The van der Waals surface area contributed by atoms with Gasteiger partial charge < -0.3 is 5.32 Å². The molecule has 0 unspecified atom stereocenters. The number of aryl methyl sites for hydroxylation is 2. The predicted molar refractivity (Wildman–Crippen MR) is 151 cm³/mol. The van der Waals surface area contributed by atoms with Crippen LogP contribution in [-0.2, 0) is 37.9 Å². The first kappa shape index (κ1) is 28.9. The SMILES string of the molecule is Cc1ccc(S(=O)(=O)N(CC(=O)NCc2ccc(S(=O)(=O)N3CCCCC3)cc2)Cc2cccc(C)c2)cc1. The van der Waals surface area contributed by atoms with E-state index in [1.807, 2.05) is 38.1 Å². The van der Waals surface area contributed by atoms with E-state index in [1.54, 1.807) is 48.5 Å². The van der Waals surface area contributed by atoms with Crippen LogP contribution >= 0.6 is 0 Å². The average Bonchev–Trinajstić information content (AvgIpc) is 2.92. The van der Waals surface area contributed by atoms with Crippen molar-refractivity contribution < 1.29 is 21.6 Å². The summed E-state index contributed by atoms with van der Waals surface area (Å²) < 4.78 is 55.4. The Morgan fingerprint density at radius 2 is 1.44 bits per heavy atom. The third-order valence-electron chi connectivity index (χ3n) is 6.79. The normalized spacial score (nSPS) is 14.8. The molecule has 1 N–H and O–H groups in total. The number of piperidine rings is 1. The maximum atomic E-state index is 13.5. The lowest BCUT2D eigenvalue weighted by Gasteiger charge is -2.25. The van der Waals surface area contributed by atoms with Gasteiger partial charge in [0.05, 0.1) is 16.3 Å². The summed E-state index contributed by atoms with van der Waals surface area (Å²) in [5.74, 6) is -0.455. The van der Waals surface area contributed by atoms with Crippen LogP contribution in [0.3, 0.4) is 0 Å². The van der Waals surface area contributed by atoms with Crippen LogP contribution in [0.4, 0.5) is 0 Å². The summed E-state index contributed by atoms with van der Waals surface area (Å²) >= 11 is 0. The molecule has 208 valence electrons. The molecule has 1 fully saturated rings. The molecule has 39 heavy (non-hydrogen) atoms. The second kappa shape index (κ2) is 12.4. The Labute approximate surface area is 231 Å². The van der Waals surface area contributed by atoms with E-state index < -0.39 is 26.0 Å². The van der Waals surface area contributed by atoms with Crippen molar-refractivity contribution in [2.45, 2.75) is 56.0 Å². The van der Waals surface area contributed by atoms with Gasteiger partial charge in [0.1, 0.15) is 0 Å². The molecule has 8 nitrogen and oxygen atoms in total. The standard InChI is InChI=1S/C29H35N3O5S2/c1-23-9-13-27(14-10-23)39(36,37)32(21-26-8-6-7-24(2)19-26)22-29(33)30-20-25-11-15-28(16-12-25)38(34,35)31-17-4-3-5-18-31/h6-16,19H,3-5,17-18,20-22H2,1-2H3,(H,30,33). The van der Waals surface area contributed by atoms with Crippen LogP contribution in [0.1, 0.15) is 41.5 Å². The molecule has 0 aliphatic carbocycles. The van der Waals surface area contributed by atoms with Crippen LogP contribution in [0, 0.1) is 13.8 Å². The van der Waals surface area contributed by atoms with Crippen molar-refractivity contribution in [3.05, 3.63) is 95.1 Å². The topological polar surface area (TPSA) is 104 Å². The van der Waals surface area contributed by atoms with Crippen molar-refractivity contribution in [1.29, 1.82) is 0 Å². The van der Waals surface area contributed by atoms with E-state index in [1.165, 1.54) is 8.61 Å². The number of benzene rings is 3. The van der Waals surface area contributed by atoms with Crippen molar-refractivity contribution in [3.63, 3.8) is 0 Å². The largest absolute Gasteiger partial charge is 0.351 e. The van der Waals surface area contributed by atoms with Crippen LogP contribution < -0.4 is 5.32 Å². The molecule has 1 saturated heterocycles. The molecular weight excluding hydrogens is 534 g/mol. The summed E-state index contributed by atoms with van der Waals surface area (Å²) in [5.41, 5.74) is 3.43. The number of nitrogens with zero attached hydrogens (tertiary/aromatic N) is 2. The van der Waals surface area contributed by atoms with Gasteiger partial charge in [-0.3, -0.25) is 4.79 Å². The summed E-state index contributed by atoms with van der Waals surface area (Å²) in [5, 5.41) is 2.78. The highest BCUT2D eigenvalue weighted by atomic mass is 32.2. The number of rotatable bonds is 10. The highest BCUT2D eigenvalue weighted by molar-refractivity contribution is 7.89. The van der Waals surface area contributed by atoms with Crippen LogP contribution in [0.15, 0.2) is 82.6 Å². The van der Waals surface area contributed by atoms with Crippen molar-refractivity contribution in [2.24, 2.45) is 0 Å². The van der Waals surface area contributed by atoms with Gasteiger partial charge in [0.2, 0.25) is 26.0 Å². The van der Waals surface area contributed by atoms with Crippen molar-refractivity contribution in [3.8, 4) is 0 Å². The fourth-order valence-corrected chi connectivity index (χ4v) is 7.45. The maximum absolute atomic E-state index is 13.5. The zero-order valence-electron chi connectivity index (χ0n) is 22.3. The number of amides is 1. The average molecular weight is 570 g/mol. The van der Waals surface area contributed by atoms with Gasteiger partial charge in [-0.1, -0.05) is 66.1 Å². The molecule has 1 aliphatic heterocycles. The molecule has 1 aliphatic rings. The Bertz CT molecular complexity index is 1500. The van der Waals surface area contributed by atoms with E-state index >= 15 is 0 Å². The van der Waals surface area contributed by atoms with E-state index in [4.69, 9.17) is 0 Å². The molecule has 0 saturated carbocycles. The van der Waals surface area contributed by atoms with Gasteiger partial charge in [0.25, 0.3) is 0 Å². The molecule has 0 spiro atoms. The number of carbonyl (C=O) groups excluding carboxylic acids is 1. The van der Waals surface area contributed by atoms with Gasteiger partial charge in [0, 0.05) is 26.2 Å². The Morgan fingerprint density at radius 1 is 0.795 bits per heavy atom. The minimum atomic E-state index is -3.94. The van der Waals surface area contributed by atoms with Crippen molar-refractivity contribution in [2.75, 3.05) is 19.6 Å². The highest BCUT2D eigenvalue weighted by Crippen LogP contribution is 2.22. The number of hydrogen-bond acceptors (Lipinski definition) is 5. The maximum Gasteiger partial charge on any atom is 0.243 e. The van der Waals surface area contributed by atoms with Crippen molar-refractivity contribution in [1.82, 2.24) is 13.9 Å². The summed E-state index contributed by atoms with van der Waals surface area (Å²) in [4.78, 5) is 13.3. The highest BCUT2D eigenvalue weighted by Gasteiger charge is 2.28. The van der Waals surface area contributed by atoms with Gasteiger partial charge >= 0.3 is 0 Å². The Balaban J connectivity index is 1.45. The third-order valence-corrected chi connectivity index (χ3v) is 10.5. The molecule has 1 heterocycles. The van der Waals surface area contributed by atoms with Crippen LogP contribution in [0.25, 0.3) is 0 Å². The van der Waals surface area contributed by atoms with Gasteiger partial charge in [0.15, 0.2) is 0 Å². The summed E-state index contributed by atoms with van der Waals surface area (Å²) in [7, 11) is -7.47. The summed E-state index contributed by atoms with van der Waals surface area (Å²) in [6.07, 6.45) is 2.77. The zero-order valence-corrected chi connectivity index (χ0v) is 24.0. The summed E-state index contributed by atoms with van der Waals surface area (Å²) in [6, 6.07) is 20.5. The first-order valence-electron chi connectivity index (χ1n) is 13.0. The number of carbonyl (C=O) groups is 1. The first-order valence-corrected chi connectivity index (χ1v) is 15.9. The Morgan fingerprint density at radius 3 is 2.08 bits per heavy atom. The fraction of sp³-hybridized carbons (Fsp3) is 0.345. The van der Waals surface area contributed by atoms with E-state index in [-0.39, 0.29) is 29.4 Å². The lowest BCUT2D eigenvalue weighted by Crippen LogP contribution is -2.40. The summed E-state index contributed by atoms with van der Waals surface area (Å²) in [6.45, 7) is 4.71. The molecule has 4 rings (SSSR count). The minimum Gasteiger partial charge on any atom is -0.351 e. The van der Waals surface area contributed by atoms with Gasteiger partial charge in [-0.05, 0) is 62.1 Å². The molecule has 0 atom stereocenters. The van der Waals surface area contributed by atoms with Crippen LogP contribution in [-0.4, -0.2) is 51.0 Å². The quantitative estimate of drug-likeness (QED) is 0.398. The number of sulfonamides is 2. The van der Waals surface area contributed by atoms with Gasteiger partial charge in [-0.15, -0.1) is 0 Å². The molecule has 0 radical (unpaired) electrons. The second-order valence-electron chi connectivity index (χ2n) is 9.96. The Kier molecular flexibility index (Phi) is 9.22. The third kappa shape index (κ3) is 7.33. The number of hydrogen-bond donors (Lipinski definition) is 1. The number of nitrogens with one attached hydrogen (secondary N) is 1. The second-order valence-corrected chi connectivity index (χ2v) is 13.8. The predicted octanol–water partition coefficient (Wildman–Crippen LogP) is 3.99.